The van der Waals surface area contributed by atoms with E-state index in [9.17, 15) is 34.6 Å². The van der Waals surface area contributed by atoms with Crippen molar-refractivity contribution in [3.63, 3.8) is 0 Å². The third-order valence-electron chi connectivity index (χ3n) is 8.83. The van der Waals surface area contributed by atoms with Crippen LogP contribution in [0.25, 0.3) is 0 Å². The molecular formula is C32H33N5O7. The summed E-state index contributed by atoms with van der Waals surface area (Å²) in [6.07, 6.45) is 0.199. The molecule has 7 N–H and O–H groups in total. The predicted octanol–water partition coefficient (Wildman–Crippen LogP) is 1.07. The topological polar surface area (TPSA) is 200 Å². The summed E-state index contributed by atoms with van der Waals surface area (Å²) in [6, 6.07) is 9.72. The molecule has 12 nitrogen and oxygen atoms in total. The third kappa shape index (κ3) is 4.23. The van der Waals surface area contributed by atoms with E-state index in [4.69, 9.17) is 11.5 Å². The zero-order valence-electron chi connectivity index (χ0n) is 24.7. The molecule has 0 saturated heterocycles. The summed E-state index contributed by atoms with van der Waals surface area (Å²) < 4.78 is 0. The highest BCUT2D eigenvalue weighted by molar-refractivity contribution is 6.23. The van der Waals surface area contributed by atoms with Crippen LogP contribution in [0.3, 0.4) is 0 Å². The zero-order chi connectivity index (χ0) is 32.3. The number of nitrogens with two attached hydrogens (primary N) is 2. The minimum Gasteiger partial charge on any atom is -0.508 e. The SMILES string of the molecule is CN(C)c1cc(C#CCc2ccccc2)c(O)c2c1C[C@H]1C[C@@]3(N)[C@H](N(C)C)C(=O)C(C(N)=O)=C(O)[C@@]3(O)C(N=O)=C1C2=O. The second kappa shape index (κ2) is 10.7. The van der Waals surface area contributed by atoms with Crippen LogP contribution >= 0.6 is 0 Å². The molecule has 0 aromatic heterocycles. The summed E-state index contributed by atoms with van der Waals surface area (Å²) in [5.41, 5.74) is 7.17. The van der Waals surface area contributed by atoms with Gasteiger partial charge in [0.1, 0.15) is 22.8 Å². The van der Waals surface area contributed by atoms with Gasteiger partial charge < -0.3 is 31.7 Å². The molecule has 4 atom stereocenters. The molecule has 12 heteroatoms. The Balaban J connectivity index is 1.75. The van der Waals surface area contributed by atoms with E-state index in [-0.39, 0.29) is 29.5 Å². The van der Waals surface area contributed by atoms with Crippen LogP contribution in [-0.2, 0) is 22.4 Å². The van der Waals surface area contributed by atoms with Gasteiger partial charge in [-0.05, 0) is 55.2 Å². The standard InChI is InChI=1S/C32H33N5O7/c1-36(2)20-14-17(12-8-11-16-9-6-5-7-10-16)24(38)22-19(20)13-18-15-31(34)28(37(3)4)26(40)23(30(33)42)29(41)32(31,43)27(35-44)21(18)25(22)39/h5-7,9-10,14,18,28,38,41,43H,11,13,15,34H2,1-4H3,(H2,33,42)/t18-,28+,31+,32-/m0/s1. The number of aliphatic hydroxyl groups excluding tert-OH is 1. The number of carbonyl (C=O) groups is 3. The van der Waals surface area contributed by atoms with Crippen molar-refractivity contribution in [2.24, 2.45) is 22.6 Å². The van der Waals surface area contributed by atoms with Crippen LogP contribution in [0.15, 0.2) is 64.2 Å². The molecule has 1 amide bonds. The van der Waals surface area contributed by atoms with Crippen LogP contribution < -0.4 is 16.4 Å². The number of aliphatic hydroxyl groups is 2. The van der Waals surface area contributed by atoms with Gasteiger partial charge in [0.2, 0.25) is 0 Å². The van der Waals surface area contributed by atoms with Crippen molar-refractivity contribution in [1.29, 1.82) is 0 Å². The number of rotatable bonds is 5. The Morgan fingerprint density at radius 2 is 1.80 bits per heavy atom. The summed E-state index contributed by atoms with van der Waals surface area (Å²) in [4.78, 5) is 55.7. The number of ketones is 2. The van der Waals surface area contributed by atoms with Gasteiger partial charge in [0, 0.05) is 31.8 Å². The van der Waals surface area contributed by atoms with Gasteiger partial charge in [-0.1, -0.05) is 42.2 Å². The number of amides is 1. The van der Waals surface area contributed by atoms with Gasteiger partial charge in [0.25, 0.3) is 5.91 Å². The number of phenolic OH excluding ortho intramolecular Hbond substituents is 1. The maximum absolute atomic E-state index is 14.3. The molecule has 3 aliphatic carbocycles. The number of Topliss-reactive ketones (excluding diaryl/α,β-unsaturated/α-hetero) is 2. The van der Waals surface area contributed by atoms with Gasteiger partial charge in [-0.2, -0.15) is 0 Å². The number of anilines is 1. The van der Waals surface area contributed by atoms with Crippen LogP contribution in [0.1, 0.15) is 33.5 Å². The molecule has 0 spiro atoms. The Labute approximate surface area is 253 Å². The highest BCUT2D eigenvalue weighted by Crippen LogP contribution is 2.56. The minimum absolute atomic E-state index is 0.0742. The molecule has 0 fully saturated rings. The van der Waals surface area contributed by atoms with Crippen LogP contribution in [0.2, 0.25) is 0 Å². The molecule has 228 valence electrons. The van der Waals surface area contributed by atoms with E-state index in [1.54, 1.807) is 25.1 Å². The number of fused-ring (bicyclic) bond motifs is 3. The average Bonchev–Trinajstić information content (AvgIpc) is 2.94. The number of benzene rings is 2. The summed E-state index contributed by atoms with van der Waals surface area (Å²) in [5.74, 6) is 0.352. The Bertz CT molecular complexity index is 1750. The van der Waals surface area contributed by atoms with Gasteiger partial charge >= 0.3 is 0 Å². The zero-order valence-corrected chi connectivity index (χ0v) is 24.7. The number of allylic oxidation sites excluding steroid dienone is 1. The first-order chi connectivity index (χ1) is 20.7. The number of primary amides is 1. The second-order valence-electron chi connectivity index (χ2n) is 11.9. The lowest BCUT2D eigenvalue weighted by molar-refractivity contribution is -0.136. The number of nitroso groups, excluding NO2 is 1. The summed E-state index contributed by atoms with van der Waals surface area (Å²) in [7, 11) is 6.50. The van der Waals surface area contributed by atoms with E-state index >= 15 is 0 Å². The molecule has 0 unspecified atom stereocenters. The third-order valence-corrected chi connectivity index (χ3v) is 8.83. The fraction of sp³-hybridized carbons (Fsp3) is 0.344. The Kier molecular flexibility index (Phi) is 7.45. The molecular weight excluding hydrogens is 566 g/mol. The lowest BCUT2D eigenvalue weighted by atomic mass is 9.54. The number of likely N-dealkylation sites (N-methyl/N-ethyl adjacent to an activating group) is 1. The number of aromatic hydroxyl groups is 1. The molecule has 0 aliphatic heterocycles. The van der Waals surface area contributed by atoms with Crippen molar-refractivity contribution < 1.29 is 29.7 Å². The molecule has 0 heterocycles. The van der Waals surface area contributed by atoms with Crippen molar-refractivity contribution in [3.8, 4) is 17.6 Å². The highest BCUT2D eigenvalue weighted by atomic mass is 16.3. The summed E-state index contributed by atoms with van der Waals surface area (Å²) in [6.45, 7) is 0. The van der Waals surface area contributed by atoms with E-state index in [0.717, 1.165) is 5.56 Å². The quantitative estimate of drug-likeness (QED) is 0.188. The molecule has 44 heavy (non-hydrogen) atoms. The molecule has 0 radical (unpaired) electrons. The highest BCUT2D eigenvalue weighted by Gasteiger charge is 2.70. The van der Waals surface area contributed by atoms with Crippen LogP contribution in [0.5, 0.6) is 5.75 Å². The van der Waals surface area contributed by atoms with Gasteiger partial charge in [-0.3, -0.25) is 19.3 Å². The van der Waals surface area contributed by atoms with Gasteiger partial charge in [-0.15, -0.1) is 4.91 Å². The first-order valence-corrected chi connectivity index (χ1v) is 13.9. The van der Waals surface area contributed by atoms with Crippen LogP contribution in [0, 0.1) is 22.7 Å². The molecule has 2 aromatic carbocycles. The predicted molar refractivity (Wildman–Crippen MR) is 162 cm³/mol. The van der Waals surface area contributed by atoms with Gasteiger partial charge in [0.05, 0.1) is 22.7 Å². The molecule has 2 aromatic rings. The lowest BCUT2D eigenvalue weighted by Gasteiger charge is -2.56. The summed E-state index contributed by atoms with van der Waals surface area (Å²) >= 11 is 0. The first-order valence-electron chi connectivity index (χ1n) is 13.9. The Hall–Kier alpha value is -4.83. The van der Waals surface area contributed by atoms with E-state index in [0.29, 0.717) is 17.7 Å². The molecule has 0 bridgehead atoms. The number of carbonyl (C=O) groups excluding carboxylic acids is 3. The van der Waals surface area contributed by atoms with Crippen molar-refractivity contribution in [1.82, 2.24) is 4.90 Å². The monoisotopic (exact) mass is 599 g/mol. The van der Waals surface area contributed by atoms with Crippen molar-refractivity contribution >= 4 is 23.2 Å². The van der Waals surface area contributed by atoms with E-state index in [2.05, 4.69) is 17.0 Å². The Morgan fingerprint density at radius 3 is 2.36 bits per heavy atom. The second-order valence-corrected chi connectivity index (χ2v) is 11.9. The maximum atomic E-state index is 14.3. The smallest absolute Gasteiger partial charge is 0.255 e. The number of nitrogens with zero attached hydrogens (tertiary/aromatic N) is 3. The normalized spacial score (nSPS) is 26.0. The largest absolute Gasteiger partial charge is 0.508 e. The lowest BCUT2D eigenvalue weighted by Crippen LogP contribution is -2.78. The van der Waals surface area contributed by atoms with Crippen LogP contribution in [-0.4, -0.2) is 83.1 Å². The van der Waals surface area contributed by atoms with Crippen LogP contribution in [0.4, 0.5) is 5.69 Å². The number of hydrogen-bond acceptors (Lipinski definition) is 11. The summed E-state index contributed by atoms with van der Waals surface area (Å²) in [5, 5.41) is 37.7. The average molecular weight is 600 g/mol. The van der Waals surface area contributed by atoms with E-state index in [1.807, 2.05) is 30.3 Å². The minimum atomic E-state index is -2.92. The molecule has 5 rings (SSSR count). The number of phenols is 1. The Morgan fingerprint density at radius 1 is 1.14 bits per heavy atom. The molecule has 3 aliphatic rings. The van der Waals surface area contributed by atoms with E-state index in [1.165, 1.54) is 19.0 Å². The van der Waals surface area contributed by atoms with Gasteiger partial charge in [-0.25, -0.2) is 0 Å². The fourth-order valence-corrected chi connectivity index (χ4v) is 6.95. The first kappa shape index (κ1) is 30.6. The number of hydrogen-bond donors (Lipinski definition) is 5. The maximum Gasteiger partial charge on any atom is 0.255 e. The van der Waals surface area contributed by atoms with Crippen molar-refractivity contribution in [2.75, 3.05) is 33.1 Å². The molecule has 0 saturated carbocycles. The van der Waals surface area contributed by atoms with E-state index < -0.39 is 63.4 Å². The van der Waals surface area contributed by atoms with Crippen molar-refractivity contribution in [3.05, 3.63) is 86.2 Å². The van der Waals surface area contributed by atoms with Crippen molar-refractivity contribution in [2.45, 2.75) is 36.4 Å². The van der Waals surface area contributed by atoms with Gasteiger partial charge in [0.15, 0.2) is 17.2 Å². The fourth-order valence-electron chi connectivity index (χ4n) is 6.95.